The first kappa shape index (κ1) is 15.1. The zero-order valence-electron chi connectivity index (χ0n) is 11.1. The van der Waals surface area contributed by atoms with Gasteiger partial charge in [0.05, 0.1) is 20.2 Å². The van der Waals surface area contributed by atoms with Crippen LogP contribution in [0.2, 0.25) is 0 Å². The lowest BCUT2D eigenvalue weighted by Crippen LogP contribution is -1.87. The fraction of sp³-hybridized carbons (Fsp3) is 0. The van der Waals surface area contributed by atoms with Crippen LogP contribution in [-0.4, -0.2) is 15.1 Å². The number of aromatic hydroxyl groups is 1. The number of phenols is 1. The smallest absolute Gasteiger partial charge is 0.149 e. The molecule has 6 heteroatoms. The first-order valence-electron chi connectivity index (χ1n) is 6.33. The Labute approximate surface area is 148 Å². The normalized spacial score (nSPS) is 11.6. The molecule has 0 aliphatic heterocycles. The van der Waals surface area contributed by atoms with Gasteiger partial charge < -0.3 is 10.1 Å². The van der Waals surface area contributed by atoms with Gasteiger partial charge in [-0.05, 0) is 52.9 Å². The van der Waals surface area contributed by atoms with Crippen molar-refractivity contribution in [2.75, 3.05) is 0 Å². The number of nitrogens with one attached hydrogen (secondary N) is 1. The number of allylic oxidation sites excluding steroid dienone is 1. The molecule has 0 saturated carbocycles. The number of aromatic nitrogens is 2. The molecule has 22 heavy (non-hydrogen) atoms. The number of hydrogen-bond acceptors (Lipinski definition) is 3. The Kier molecular flexibility index (Phi) is 4.18. The van der Waals surface area contributed by atoms with E-state index >= 15 is 0 Å². The van der Waals surface area contributed by atoms with Crippen LogP contribution in [0.5, 0.6) is 5.75 Å². The molecule has 1 heterocycles. The molecule has 0 bridgehead atoms. The molecule has 0 spiro atoms. The molecule has 0 aliphatic carbocycles. The van der Waals surface area contributed by atoms with Crippen molar-refractivity contribution in [3.63, 3.8) is 0 Å². The molecule has 0 saturated heterocycles. The summed E-state index contributed by atoms with van der Waals surface area (Å²) in [5.74, 6) is 0.630. The summed E-state index contributed by atoms with van der Waals surface area (Å²) in [7, 11) is 0. The minimum absolute atomic E-state index is 0.146. The van der Waals surface area contributed by atoms with E-state index in [-0.39, 0.29) is 5.75 Å². The Morgan fingerprint density at radius 3 is 2.86 bits per heavy atom. The van der Waals surface area contributed by atoms with E-state index in [1.165, 1.54) is 0 Å². The van der Waals surface area contributed by atoms with Gasteiger partial charge in [0.2, 0.25) is 0 Å². The van der Waals surface area contributed by atoms with Gasteiger partial charge in [-0.1, -0.05) is 28.1 Å². The molecule has 0 aliphatic rings. The van der Waals surface area contributed by atoms with Crippen molar-refractivity contribution in [1.29, 1.82) is 5.26 Å². The number of H-pyrrole nitrogens is 1. The van der Waals surface area contributed by atoms with Crippen LogP contribution < -0.4 is 0 Å². The number of phenolic OH excluding ortho intramolecular Hbond substituents is 1. The van der Waals surface area contributed by atoms with Crippen LogP contribution in [0.1, 0.15) is 11.4 Å². The van der Waals surface area contributed by atoms with Crippen LogP contribution in [0.3, 0.4) is 0 Å². The Bertz CT molecular complexity index is 907. The molecule has 0 amide bonds. The summed E-state index contributed by atoms with van der Waals surface area (Å²) >= 11 is 5.44. The van der Waals surface area contributed by atoms with Crippen molar-refractivity contribution >= 4 is 61.2 Å². The minimum atomic E-state index is 0.146. The number of para-hydroxylation sites is 2. The van der Waals surface area contributed by atoms with E-state index in [1.807, 2.05) is 46.9 Å². The Hall–Kier alpha value is -1.85. The number of fused-ring (bicyclic) bond motifs is 1. The maximum absolute atomic E-state index is 10.1. The lowest BCUT2D eigenvalue weighted by Gasteiger charge is -2.04. The third-order valence-electron chi connectivity index (χ3n) is 3.12. The summed E-state index contributed by atoms with van der Waals surface area (Å²) in [4.78, 5) is 7.53. The molecule has 0 unspecified atom stereocenters. The lowest BCUT2D eigenvalue weighted by molar-refractivity contribution is 0.470. The number of benzene rings is 2. The van der Waals surface area contributed by atoms with Crippen LogP contribution in [0.4, 0.5) is 0 Å². The number of nitriles is 1. The van der Waals surface area contributed by atoms with Gasteiger partial charge in [0, 0.05) is 10.0 Å². The zero-order chi connectivity index (χ0) is 15.7. The van der Waals surface area contributed by atoms with Crippen molar-refractivity contribution in [1.82, 2.24) is 9.97 Å². The van der Waals surface area contributed by atoms with Gasteiger partial charge in [-0.15, -0.1) is 0 Å². The standard InChI is InChI=1S/C16H9BrIN3O/c17-11-6-9(15(22)12(18)7-11)5-10(8-19)16-20-13-3-1-2-4-14(13)21-16/h1-7,22H,(H,20,21)/b10-5+. The highest BCUT2D eigenvalue weighted by atomic mass is 127. The largest absolute Gasteiger partial charge is 0.506 e. The van der Waals surface area contributed by atoms with Crippen molar-refractivity contribution in [2.24, 2.45) is 0 Å². The van der Waals surface area contributed by atoms with Gasteiger partial charge in [-0.3, -0.25) is 0 Å². The number of hydrogen-bond donors (Lipinski definition) is 2. The lowest BCUT2D eigenvalue weighted by atomic mass is 10.1. The third kappa shape index (κ3) is 2.87. The maximum Gasteiger partial charge on any atom is 0.149 e. The van der Waals surface area contributed by atoms with E-state index in [1.54, 1.807) is 18.2 Å². The molecule has 0 atom stereocenters. The average molecular weight is 466 g/mol. The van der Waals surface area contributed by atoms with Gasteiger partial charge in [0.1, 0.15) is 17.6 Å². The number of nitrogens with zero attached hydrogens (tertiary/aromatic N) is 2. The highest BCUT2D eigenvalue weighted by Crippen LogP contribution is 2.31. The summed E-state index contributed by atoms with van der Waals surface area (Å²) < 4.78 is 1.54. The monoisotopic (exact) mass is 465 g/mol. The highest BCUT2D eigenvalue weighted by molar-refractivity contribution is 14.1. The zero-order valence-corrected chi connectivity index (χ0v) is 14.9. The number of imidazole rings is 1. The van der Waals surface area contributed by atoms with Crippen molar-refractivity contribution < 1.29 is 5.11 Å². The Balaban J connectivity index is 2.13. The van der Waals surface area contributed by atoms with Crippen LogP contribution in [-0.2, 0) is 0 Å². The summed E-state index contributed by atoms with van der Waals surface area (Å²) in [5.41, 5.74) is 2.59. The highest BCUT2D eigenvalue weighted by Gasteiger charge is 2.11. The number of halogens is 2. The first-order chi connectivity index (χ1) is 10.6. The summed E-state index contributed by atoms with van der Waals surface area (Å²) in [6, 6.07) is 13.3. The molecule has 3 aromatic rings. The quantitative estimate of drug-likeness (QED) is 0.425. The summed E-state index contributed by atoms with van der Waals surface area (Å²) in [6.45, 7) is 0. The summed E-state index contributed by atoms with van der Waals surface area (Å²) in [6.07, 6.45) is 1.62. The fourth-order valence-corrected chi connectivity index (χ4v) is 3.64. The molecular formula is C16H9BrIN3O. The van der Waals surface area contributed by atoms with Crippen LogP contribution in [0.25, 0.3) is 22.7 Å². The Morgan fingerprint density at radius 1 is 1.36 bits per heavy atom. The number of aromatic amines is 1. The minimum Gasteiger partial charge on any atom is -0.506 e. The van der Waals surface area contributed by atoms with Crippen molar-refractivity contribution in [2.45, 2.75) is 0 Å². The van der Waals surface area contributed by atoms with Gasteiger partial charge in [-0.2, -0.15) is 5.26 Å². The molecular weight excluding hydrogens is 457 g/mol. The van der Waals surface area contributed by atoms with E-state index in [9.17, 15) is 10.4 Å². The third-order valence-corrected chi connectivity index (χ3v) is 4.40. The molecule has 2 aromatic carbocycles. The van der Waals surface area contributed by atoms with Crippen LogP contribution in [0.15, 0.2) is 40.9 Å². The second kappa shape index (κ2) is 6.10. The predicted molar refractivity (Wildman–Crippen MR) is 98.1 cm³/mol. The van der Waals surface area contributed by atoms with Crippen molar-refractivity contribution in [3.8, 4) is 11.8 Å². The van der Waals surface area contributed by atoms with E-state index in [4.69, 9.17) is 0 Å². The van der Waals surface area contributed by atoms with Gasteiger partial charge in [-0.25, -0.2) is 4.98 Å². The van der Waals surface area contributed by atoms with Gasteiger partial charge in [0.25, 0.3) is 0 Å². The molecule has 4 nitrogen and oxygen atoms in total. The first-order valence-corrected chi connectivity index (χ1v) is 8.20. The van der Waals surface area contributed by atoms with E-state index in [0.717, 1.165) is 15.5 Å². The second-order valence-electron chi connectivity index (χ2n) is 4.60. The van der Waals surface area contributed by atoms with Gasteiger partial charge >= 0.3 is 0 Å². The Morgan fingerprint density at radius 2 is 2.14 bits per heavy atom. The van der Waals surface area contributed by atoms with Crippen LogP contribution in [0, 0.1) is 14.9 Å². The van der Waals surface area contributed by atoms with E-state index in [0.29, 0.717) is 20.5 Å². The predicted octanol–water partition coefficient (Wildman–Crippen LogP) is 4.70. The van der Waals surface area contributed by atoms with Crippen molar-refractivity contribution in [3.05, 3.63) is 55.8 Å². The molecule has 108 valence electrons. The van der Waals surface area contributed by atoms with E-state index < -0.39 is 0 Å². The fourth-order valence-electron chi connectivity index (χ4n) is 2.09. The molecule has 2 N–H and O–H groups in total. The van der Waals surface area contributed by atoms with E-state index in [2.05, 4.69) is 32.0 Å². The second-order valence-corrected chi connectivity index (χ2v) is 6.68. The number of rotatable bonds is 2. The summed E-state index contributed by atoms with van der Waals surface area (Å²) in [5, 5.41) is 19.6. The maximum atomic E-state index is 10.1. The molecule has 1 aromatic heterocycles. The molecule has 0 fully saturated rings. The van der Waals surface area contributed by atoms with Crippen LogP contribution >= 0.6 is 38.5 Å². The molecule has 0 radical (unpaired) electrons. The van der Waals surface area contributed by atoms with Gasteiger partial charge in [0.15, 0.2) is 0 Å². The average Bonchev–Trinajstić information content (AvgIpc) is 2.93. The SMILES string of the molecule is N#C/C(=C\c1cc(Br)cc(I)c1O)c1nc2ccccc2[nH]1. The topological polar surface area (TPSA) is 72.7 Å². The molecule has 3 rings (SSSR count).